The number of benzene rings is 6. The van der Waals surface area contributed by atoms with Crippen molar-refractivity contribution in [3.8, 4) is 79.1 Å². The van der Waals surface area contributed by atoms with Gasteiger partial charge in [-0.25, -0.2) is 0 Å². The molecule has 3 aliphatic carbocycles. The molecule has 3 amide bonds. The minimum atomic E-state index is -0.219. The van der Waals surface area contributed by atoms with Crippen molar-refractivity contribution in [1.82, 2.24) is 86.1 Å². The van der Waals surface area contributed by atoms with Crippen LogP contribution in [0.1, 0.15) is 137 Å². The van der Waals surface area contributed by atoms with Gasteiger partial charge in [0.05, 0.1) is 0 Å². The summed E-state index contributed by atoms with van der Waals surface area (Å²) >= 11 is 110. The van der Waals surface area contributed by atoms with E-state index in [0.29, 0.717) is 111 Å². The predicted molar refractivity (Wildman–Crippen MR) is 655 cm³/mol. The summed E-state index contributed by atoms with van der Waals surface area (Å²) in [4.78, 5) is 27.5. The van der Waals surface area contributed by atoms with Crippen LogP contribution in [0.3, 0.4) is 0 Å². The molecular formula is C102H90Br8Cl10N18O2S3Se5. The first-order valence-electron chi connectivity index (χ1n) is 46.5. The molecule has 46 heteroatoms. The molecule has 19 rings (SSSR count). The van der Waals surface area contributed by atoms with Gasteiger partial charge in [0.25, 0.3) is 0 Å². The first-order chi connectivity index (χ1) is 71.2. The Morgan fingerprint density at radius 2 is 0.696 bits per heavy atom. The standard InChI is InChI=1S/C22H18Cl2N4SSe.C21H20Br2Cl2N4SSe.C21H19Br2Cl2N3SSe.C20H17Br2Cl2N3OSe.C18H16Br2Cl2N4OSe/c1-14-18(13-25-22(29)26-16-6-3-2-4-7-16)27-28(21(14)20-8-5-11-30-20)19-10-9-15(23)12-17(19)24;22-18-9-8-17(31-18)20-19(23)15(11-26-21(30)27-13-4-2-1-3-5-13)28-29(20)16-7-6-12(24)10-14(16)25;22-18-9-8-17(30-18)20-19(23)15(11-26-21(29)12-4-2-1-3-5-12)27-28(20)16-7-6-13(24)10-14(16)25;21-17-8-7-16(29-17)19-18(22)14(10-25-20(28)11-3-1-2-4-11)26-27(19)15-6-5-12(23)9-13(15)24;1-2-7-23-18(27)24-9-12-16(20)17(14-5-6-15(19)28-14)26(25-12)13-4-3-10(21)8-11(13)22/h2-12H,13H2,1H3,(H2,25,26,29);6-10,13H,1-5,11H2,(H2,26,27,30);6-10,12H,1-5,11H2,(H,26,29);5-9,11H,1-4,10H2,(H,25,28);3-6,8H,2,7,9H2,1H3,(H2,23,24,27). The molecule has 20 nitrogen and oxygen atoms in total. The second kappa shape index (κ2) is 57.0. The van der Waals surface area contributed by atoms with E-state index < -0.39 is 0 Å². The fourth-order valence-corrected chi connectivity index (χ4v) is 35.6. The van der Waals surface area contributed by atoms with Gasteiger partial charge >= 0.3 is 1040 Å². The Balaban J connectivity index is 0.000000139. The van der Waals surface area contributed by atoms with Crippen LogP contribution >= 0.6 is 280 Å². The Bertz CT molecular complexity index is 7410. The van der Waals surface area contributed by atoms with Gasteiger partial charge in [-0.2, -0.15) is 0 Å². The van der Waals surface area contributed by atoms with Crippen molar-refractivity contribution in [3.05, 3.63) is 302 Å². The van der Waals surface area contributed by atoms with Crippen molar-refractivity contribution in [2.75, 3.05) is 11.9 Å². The third-order valence-electron chi connectivity index (χ3n) is 23.8. The zero-order chi connectivity index (χ0) is 105. The molecule has 10 aromatic heterocycles. The molecule has 6 aromatic carbocycles. The van der Waals surface area contributed by atoms with E-state index in [1.165, 1.54) is 88.7 Å². The van der Waals surface area contributed by atoms with E-state index in [-0.39, 0.29) is 96.9 Å². The van der Waals surface area contributed by atoms with Crippen LogP contribution in [-0.4, -0.2) is 161 Å². The van der Waals surface area contributed by atoms with Crippen LogP contribution in [0.15, 0.2) is 218 Å². The number of nitrogens with one attached hydrogen (secondary N) is 8. The molecule has 0 aliphatic heterocycles. The molecule has 774 valence electrons. The number of carbonyl (C=O) groups excluding carboxylic acids is 2. The number of urea groups is 1. The summed E-state index contributed by atoms with van der Waals surface area (Å²) in [5, 5.41) is 56.4. The number of para-hydroxylation sites is 1. The molecule has 16 aromatic rings. The Kier molecular flexibility index (Phi) is 45.5. The molecule has 3 fully saturated rings. The van der Waals surface area contributed by atoms with Gasteiger partial charge in [0.1, 0.15) is 0 Å². The molecule has 0 spiro atoms. The molecule has 0 bridgehead atoms. The van der Waals surface area contributed by atoms with Crippen LogP contribution in [0, 0.1) is 18.8 Å². The number of rotatable bonds is 26. The second-order valence-corrected chi connectivity index (χ2v) is 61.9. The van der Waals surface area contributed by atoms with E-state index in [1.807, 2.05) is 111 Å². The average molecular weight is 3080 g/mol. The summed E-state index contributed by atoms with van der Waals surface area (Å²) in [7, 11) is 0. The molecule has 0 atom stereocenters. The number of aromatic nitrogens is 10. The Morgan fingerprint density at radius 3 is 1.06 bits per heavy atom. The van der Waals surface area contributed by atoms with Crippen molar-refractivity contribution < 1.29 is 9.59 Å². The van der Waals surface area contributed by atoms with E-state index >= 15 is 0 Å². The molecule has 0 unspecified atom stereocenters. The molecule has 3 saturated carbocycles. The first kappa shape index (κ1) is 118. The monoisotopic (exact) mass is 3080 g/mol. The van der Waals surface area contributed by atoms with Crippen molar-refractivity contribution in [2.24, 2.45) is 11.8 Å². The number of amides is 3. The third-order valence-corrected chi connectivity index (χ3v) is 44.4. The van der Waals surface area contributed by atoms with E-state index in [1.54, 1.807) is 47.1 Å². The second-order valence-electron chi connectivity index (χ2n) is 34.0. The van der Waals surface area contributed by atoms with E-state index in [9.17, 15) is 9.59 Å². The van der Waals surface area contributed by atoms with Crippen LogP contribution < -0.4 is 42.5 Å². The number of carbonyl (C=O) groups is 2. The molecule has 10 heterocycles. The SMILES string of the molecule is CCCNC(=O)NCc1nn(-c2ccc(Cl)cc2Cl)c(-c2ccc(Br)[se]2)c1Br.Cc1c(CNC(=S)Nc2ccccc2)nn(-c2ccc(Cl)cc2Cl)c1-c1ccc[se]1.O=C(NCc1nn(-c2ccc(Cl)cc2Cl)c(-c2ccc(Br)[se]2)c1Br)C1CCCC1.S=C(NCc1nn(-c2ccc(Cl)cc2Cl)c(-c2ccc(Br)[se]2)c1Br)C1CCCCC1.S=C(NCc1nn(-c2ccc(Cl)cc2Cl)c(-c2ccc(Br)[se]2)c1Br)NC1CCCCC1. The number of thiocarbonyl (C=S) groups is 3. The topological polar surface area (TPSA) is 219 Å². The quantitative estimate of drug-likeness (QED) is 0.0187. The number of hydrogen-bond acceptors (Lipinski definition) is 10. The normalized spacial score (nSPS) is 13.1. The Labute approximate surface area is 1020 Å². The summed E-state index contributed by atoms with van der Waals surface area (Å²) in [6.45, 7) is 6.97. The predicted octanol–water partition coefficient (Wildman–Crippen LogP) is 31.7. The van der Waals surface area contributed by atoms with Crippen molar-refractivity contribution in [1.29, 1.82) is 0 Å². The van der Waals surface area contributed by atoms with E-state index in [4.69, 9.17) is 178 Å². The van der Waals surface area contributed by atoms with Gasteiger partial charge in [-0.3, -0.25) is 0 Å². The third kappa shape index (κ3) is 31.4. The van der Waals surface area contributed by atoms with E-state index in [0.717, 1.165) is 157 Å². The van der Waals surface area contributed by atoms with Gasteiger partial charge in [0, 0.05) is 0 Å². The fraction of sp³-hybridized carbons (Fsp3) is 0.255. The van der Waals surface area contributed by atoms with Gasteiger partial charge in [-0.05, 0) is 0 Å². The maximum absolute atomic E-state index is 12.5. The summed E-state index contributed by atoms with van der Waals surface area (Å²) in [6.07, 6.45) is 17.5. The molecular weight excluding hydrogens is 2990 g/mol. The van der Waals surface area contributed by atoms with Crippen LogP contribution in [0.4, 0.5) is 10.5 Å². The number of halogens is 18. The van der Waals surface area contributed by atoms with Gasteiger partial charge < -0.3 is 0 Å². The molecule has 8 N–H and O–H groups in total. The summed E-state index contributed by atoms with van der Waals surface area (Å²) in [5.41, 5.74) is 15.1. The molecule has 0 saturated heterocycles. The number of hydrogen-bond donors (Lipinski definition) is 8. The van der Waals surface area contributed by atoms with Gasteiger partial charge in [0.15, 0.2) is 0 Å². The van der Waals surface area contributed by atoms with Crippen LogP contribution in [0.5, 0.6) is 0 Å². The zero-order valence-electron chi connectivity index (χ0n) is 78.3. The van der Waals surface area contributed by atoms with Crippen LogP contribution in [-0.2, 0) is 37.5 Å². The Morgan fingerprint density at radius 1 is 0.358 bits per heavy atom. The molecule has 3 aliphatic rings. The number of anilines is 1. The summed E-state index contributed by atoms with van der Waals surface area (Å²) < 4.78 is 23.7. The summed E-state index contributed by atoms with van der Waals surface area (Å²) in [6, 6.07) is 58.1. The zero-order valence-corrected chi connectivity index (χ0v) is 110. The van der Waals surface area contributed by atoms with Crippen molar-refractivity contribution in [2.45, 2.75) is 149 Å². The Hall–Kier alpha value is -3.88. The number of nitrogens with zero attached hydrogens (tertiary/aromatic N) is 10. The van der Waals surface area contributed by atoms with Crippen LogP contribution in [0.25, 0.3) is 79.1 Å². The fourth-order valence-electron chi connectivity index (χ4n) is 16.6. The first-order valence-corrected chi connectivity index (χ1v) is 66.5. The van der Waals surface area contributed by atoms with Crippen molar-refractivity contribution >= 4 is 385 Å². The maximum atomic E-state index is 12.5. The average Bonchev–Trinajstić information content (AvgIpc) is 1.64. The minimum absolute atomic E-state index is 0.115. The summed E-state index contributed by atoms with van der Waals surface area (Å²) in [5.74, 6) is 0.728. The molecule has 148 heavy (non-hydrogen) atoms. The van der Waals surface area contributed by atoms with Gasteiger partial charge in [0.2, 0.25) is 0 Å². The van der Waals surface area contributed by atoms with E-state index in [2.05, 4.69) is 236 Å². The van der Waals surface area contributed by atoms with Gasteiger partial charge in [-0.15, -0.1) is 0 Å². The molecule has 0 radical (unpaired) electrons. The van der Waals surface area contributed by atoms with Crippen LogP contribution in [0.2, 0.25) is 50.2 Å². The van der Waals surface area contributed by atoms with Crippen molar-refractivity contribution in [3.63, 3.8) is 0 Å². The van der Waals surface area contributed by atoms with Gasteiger partial charge in [-0.1, -0.05) is 0 Å².